The number of nitrogens with zero attached hydrogens (tertiary/aromatic N) is 2. The second-order valence-corrected chi connectivity index (χ2v) is 6.59. The molecular weight excluding hydrogens is 394 g/mol. The van der Waals surface area contributed by atoms with Crippen molar-refractivity contribution in [2.75, 3.05) is 4.90 Å². The van der Waals surface area contributed by atoms with Gasteiger partial charge in [-0.1, -0.05) is 12.1 Å². The van der Waals surface area contributed by atoms with Crippen molar-refractivity contribution in [1.82, 2.24) is 4.98 Å². The molecule has 1 fully saturated rings. The van der Waals surface area contributed by atoms with E-state index < -0.39 is 35.1 Å². The maximum absolute atomic E-state index is 14.5. The van der Waals surface area contributed by atoms with Gasteiger partial charge in [0.1, 0.15) is 23.1 Å². The van der Waals surface area contributed by atoms with E-state index in [0.29, 0.717) is 11.6 Å². The molecule has 2 heterocycles. The first-order chi connectivity index (χ1) is 14.4. The Morgan fingerprint density at radius 2 is 1.63 bits per heavy atom. The van der Waals surface area contributed by atoms with Crippen molar-refractivity contribution in [2.45, 2.75) is 6.04 Å². The average Bonchev–Trinajstić information content (AvgIpc) is 3.00. The molecule has 2 aromatic carbocycles. The summed E-state index contributed by atoms with van der Waals surface area (Å²) < 4.78 is 27.9. The lowest BCUT2D eigenvalue weighted by Crippen LogP contribution is -2.30. The number of ketones is 1. The van der Waals surface area contributed by atoms with Gasteiger partial charge >= 0.3 is 0 Å². The van der Waals surface area contributed by atoms with Crippen molar-refractivity contribution in [1.29, 1.82) is 0 Å². The molecule has 150 valence electrons. The van der Waals surface area contributed by atoms with Gasteiger partial charge in [0, 0.05) is 24.0 Å². The van der Waals surface area contributed by atoms with E-state index in [-0.39, 0.29) is 22.6 Å². The molecule has 0 aliphatic carbocycles. The number of aliphatic hydroxyl groups excluding tert-OH is 1. The standard InChI is InChI=1S/C22H14F2N2O4/c23-14-3-6-17(16(24)11-14)26-19(12-1-4-15(27)5-2-12)18(21(29)22(26)30)20(28)13-7-9-25-10-8-13/h1-11,19,27-28H/b20-18+. The Bertz CT molecular complexity index is 1180. The molecule has 1 amide bonds. The second kappa shape index (κ2) is 7.40. The number of aromatic hydroxyl groups is 1. The zero-order valence-corrected chi connectivity index (χ0v) is 15.3. The van der Waals surface area contributed by atoms with Crippen LogP contribution in [0.2, 0.25) is 0 Å². The lowest BCUT2D eigenvalue weighted by Gasteiger charge is -2.25. The minimum Gasteiger partial charge on any atom is -0.508 e. The third-order valence-corrected chi connectivity index (χ3v) is 4.78. The number of aliphatic hydroxyl groups is 1. The minimum atomic E-state index is -1.20. The number of benzene rings is 2. The highest BCUT2D eigenvalue weighted by Crippen LogP contribution is 2.43. The van der Waals surface area contributed by atoms with Crippen molar-refractivity contribution in [3.05, 3.63) is 95.3 Å². The summed E-state index contributed by atoms with van der Waals surface area (Å²) in [6, 6.07) is 9.89. The third-order valence-electron chi connectivity index (χ3n) is 4.78. The van der Waals surface area contributed by atoms with Crippen molar-refractivity contribution >= 4 is 23.1 Å². The largest absolute Gasteiger partial charge is 0.508 e. The molecular formula is C22H14F2N2O4. The molecule has 3 aromatic rings. The number of carbonyl (C=O) groups is 2. The SMILES string of the molecule is O=C1C(=O)N(c2ccc(F)cc2F)C(c2ccc(O)cc2)/C1=C(\O)c1ccncc1. The summed E-state index contributed by atoms with van der Waals surface area (Å²) in [5.41, 5.74) is 0.00338. The van der Waals surface area contributed by atoms with Crippen LogP contribution < -0.4 is 4.90 Å². The Morgan fingerprint density at radius 3 is 2.27 bits per heavy atom. The van der Waals surface area contributed by atoms with Crippen LogP contribution in [0.5, 0.6) is 5.75 Å². The fraction of sp³-hybridized carbons (Fsp3) is 0.0455. The van der Waals surface area contributed by atoms with E-state index in [1.807, 2.05) is 0 Å². The van der Waals surface area contributed by atoms with Gasteiger partial charge in [0.25, 0.3) is 11.7 Å². The van der Waals surface area contributed by atoms with E-state index in [4.69, 9.17) is 0 Å². The van der Waals surface area contributed by atoms with Crippen LogP contribution >= 0.6 is 0 Å². The molecule has 1 aromatic heterocycles. The van der Waals surface area contributed by atoms with E-state index in [1.165, 1.54) is 48.8 Å². The molecule has 0 radical (unpaired) electrons. The van der Waals surface area contributed by atoms with Gasteiger partial charge in [0.05, 0.1) is 17.3 Å². The van der Waals surface area contributed by atoms with Gasteiger partial charge in [-0.25, -0.2) is 8.78 Å². The summed E-state index contributed by atoms with van der Waals surface area (Å²) >= 11 is 0. The predicted octanol–water partition coefficient (Wildman–Crippen LogP) is 3.69. The molecule has 2 N–H and O–H groups in total. The first kappa shape index (κ1) is 19.3. The monoisotopic (exact) mass is 408 g/mol. The number of phenolic OH excluding ortho intramolecular Hbond substituents is 1. The molecule has 1 atom stereocenters. The maximum Gasteiger partial charge on any atom is 0.300 e. The Balaban J connectivity index is 1.97. The summed E-state index contributed by atoms with van der Waals surface area (Å²) in [7, 11) is 0. The molecule has 4 rings (SSSR count). The smallest absolute Gasteiger partial charge is 0.300 e. The quantitative estimate of drug-likeness (QED) is 0.392. The van der Waals surface area contributed by atoms with Gasteiger partial charge in [-0.05, 0) is 42.0 Å². The molecule has 6 nitrogen and oxygen atoms in total. The summed E-state index contributed by atoms with van der Waals surface area (Å²) in [5.74, 6) is -4.49. The van der Waals surface area contributed by atoms with Crippen LogP contribution in [0.25, 0.3) is 5.76 Å². The van der Waals surface area contributed by atoms with Crippen molar-refractivity contribution in [2.24, 2.45) is 0 Å². The molecule has 0 spiro atoms. The first-order valence-electron chi connectivity index (χ1n) is 8.84. The molecule has 30 heavy (non-hydrogen) atoms. The number of pyridine rings is 1. The fourth-order valence-electron chi connectivity index (χ4n) is 3.39. The topological polar surface area (TPSA) is 90.7 Å². The molecule has 1 unspecified atom stereocenters. The number of Topliss-reactive ketones (excluding diaryl/α,β-unsaturated/α-hetero) is 1. The van der Waals surface area contributed by atoms with E-state index in [9.17, 15) is 28.6 Å². The van der Waals surface area contributed by atoms with Gasteiger partial charge in [0.15, 0.2) is 0 Å². The van der Waals surface area contributed by atoms with E-state index in [0.717, 1.165) is 17.0 Å². The number of amides is 1. The van der Waals surface area contributed by atoms with Crippen LogP contribution in [0.4, 0.5) is 14.5 Å². The zero-order valence-electron chi connectivity index (χ0n) is 15.3. The van der Waals surface area contributed by atoms with Gasteiger partial charge in [-0.3, -0.25) is 19.5 Å². The third kappa shape index (κ3) is 3.18. The fourth-order valence-corrected chi connectivity index (χ4v) is 3.39. The number of anilines is 1. The number of carbonyl (C=O) groups excluding carboxylic acids is 2. The van der Waals surface area contributed by atoms with Gasteiger partial charge < -0.3 is 10.2 Å². The lowest BCUT2D eigenvalue weighted by molar-refractivity contribution is -0.132. The van der Waals surface area contributed by atoms with Crippen LogP contribution in [0.15, 0.2) is 72.6 Å². The van der Waals surface area contributed by atoms with Crippen molar-refractivity contribution < 1.29 is 28.6 Å². The van der Waals surface area contributed by atoms with Crippen LogP contribution in [0, 0.1) is 11.6 Å². The summed E-state index contributed by atoms with van der Waals surface area (Å²) in [6.07, 6.45) is 2.81. The van der Waals surface area contributed by atoms with E-state index in [1.54, 1.807) is 0 Å². The summed E-state index contributed by atoms with van der Waals surface area (Å²) in [6.45, 7) is 0. The Kier molecular flexibility index (Phi) is 4.75. The Hall–Kier alpha value is -4.07. The molecule has 1 saturated heterocycles. The van der Waals surface area contributed by atoms with Gasteiger partial charge in [-0.2, -0.15) is 0 Å². The summed E-state index contributed by atoms with van der Waals surface area (Å²) in [5, 5.41) is 20.4. The maximum atomic E-state index is 14.5. The number of hydrogen-bond donors (Lipinski definition) is 2. The zero-order chi connectivity index (χ0) is 21.4. The number of rotatable bonds is 3. The molecule has 8 heteroatoms. The second-order valence-electron chi connectivity index (χ2n) is 6.59. The normalized spacial score (nSPS) is 18.1. The molecule has 0 bridgehead atoms. The highest BCUT2D eigenvalue weighted by molar-refractivity contribution is 6.51. The van der Waals surface area contributed by atoms with Crippen LogP contribution in [-0.2, 0) is 9.59 Å². The Morgan fingerprint density at radius 1 is 0.967 bits per heavy atom. The van der Waals surface area contributed by atoms with Crippen molar-refractivity contribution in [3.8, 4) is 5.75 Å². The number of halogens is 2. The minimum absolute atomic E-state index is 0.0576. The van der Waals surface area contributed by atoms with Crippen molar-refractivity contribution in [3.63, 3.8) is 0 Å². The number of phenols is 1. The molecule has 0 saturated carbocycles. The van der Waals surface area contributed by atoms with Gasteiger partial charge in [0.2, 0.25) is 0 Å². The first-order valence-corrected chi connectivity index (χ1v) is 8.84. The number of aromatic nitrogens is 1. The molecule has 1 aliphatic heterocycles. The highest BCUT2D eigenvalue weighted by atomic mass is 19.1. The highest BCUT2D eigenvalue weighted by Gasteiger charge is 2.47. The van der Waals surface area contributed by atoms with Crippen LogP contribution in [0.3, 0.4) is 0 Å². The van der Waals surface area contributed by atoms with E-state index in [2.05, 4.69) is 4.98 Å². The van der Waals surface area contributed by atoms with E-state index >= 15 is 0 Å². The van der Waals surface area contributed by atoms with Gasteiger partial charge in [-0.15, -0.1) is 0 Å². The lowest BCUT2D eigenvalue weighted by atomic mass is 9.95. The summed E-state index contributed by atoms with van der Waals surface area (Å²) in [4.78, 5) is 30.4. The Labute approximate surface area is 169 Å². The van der Waals surface area contributed by atoms with Crippen LogP contribution in [0.1, 0.15) is 17.2 Å². The predicted molar refractivity (Wildman–Crippen MR) is 103 cm³/mol. The molecule has 1 aliphatic rings. The number of hydrogen-bond acceptors (Lipinski definition) is 5. The average molecular weight is 408 g/mol. The van der Waals surface area contributed by atoms with Crippen LogP contribution in [-0.4, -0.2) is 26.9 Å².